The third-order valence-corrected chi connectivity index (χ3v) is 13.2. The van der Waals surface area contributed by atoms with Gasteiger partial charge in [0.1, 0.15) is 11.1 Å². The molecule has 6 fully saturated rings. The van der Waals surface area contributed by atoms with Crippen LogP contribution in [0.15, 0.2) is 30.3 Å². The smallest absolute Gasteiger partial charge is 0.410 e. The maximum atomic E-state index is 17.3. The Kier molecular flexibility index (Phi) is 10.4. The van der Waals surface area contributed by atoms with Crippen molar-refractivity contribution in [3.05, 3.63) is 63.1 Å². The normalized spacial score (nSPS) is 24.8. The molecule has 6 aliphatic rings. The summed E-state index contributed by atoms with van der Waals surface area (Å²) in [5, 5.41) is 23.0. The number of nitrogens with zero attached hydrogens (tertiary/aromatic N) is 6. The SMILES string of the molecule is CCC#N.Cc1nc2c(F)c(-c3cccc(Cl)c3Cl)c(CCC#N)cc2c2c1cc([C@H]1[C@@H]3CNC[C@@H](C3)N1C(=O)C1CC1)n2[C@H]1[C@@H]2C[C@H]1N(C(=O)OC(C)(C)C)C2. The number of ether oxygens (including phenoxy) is 1. The zero-order valence-electron chi connectivity index (χ0n) is 33.0. The lowest BCUT2D eigenvalue weighted by Gasteiger charge is -2.41. The monoisotopic (exact) mass is 811 g/mol. The van der Waals surface area contributed by atoms with Crippen molar-refractivity contribution in [2.45, 2.75) is 109 Å². The van der Waals surface area contributed by atoms with Gasteiger partial charge in [-0.1, -0.05) is 42.3 Å². The summed E-state index contributed by atoms with van der Waals surface area (Å²) < 4.78 is 25.6. The number of likely N-dealkylation sites (tertiary alicyclic amines) is 1. The molecule has 6 atom stereocenters. The molecule has 2 aromatic heterocycles. The Morgan fingerprint density at radius 1 is 1.07 bits per heavy atom. The first-order valence-electron chi connectivity index (χ1n) is 20.1. The first-order chi connectivity index (χ1) is 27.3. The molecule has 13 heteroatoms. The largest absolute Gasteiger partial charge is 0.444 e. The minimum atomic E-state index is -0.636. The minimum Gasteiger partial charge on any atom is -0.444 e. The lowest BCUT2D eigenvalue weighted by molar-refractivity contribution is -0.135. The Balaban J connectivity index is 0.00000109. The van der Waals surface area contributed by atoms with Crippen molar-refractivity contribution in [1.82, 2.24) is 24.7 Å². The molecule has 4 aliphatic heterocycles. The van der Waals surface area contributed by atoms with Gasteiger partial charge in [-0.2, -0.15) is 10.5 Å². The number of pyridine rings is 1. The van der Waals surface area contributed by atoms with Gasteiger partial charge in [-0.3, -0.25) is 4.79 Å². The van der Waals surface area contributed by atoms with Crippen LogP contribution in [0.25, 0.3) is 32.9 Å². The van der Waals surface area contributed by atoms with E-state index in [0.29, 0.717) is 52.2 Å². The van der Waals surface area contributed by atoms with E-state index < -0.39 is 11.4 Å². The number of aromatic nitrogens is 2. The Bertz CT molecular complexity index is 2370. The second-order valence-corrected chi connectivity index (χ2v) is 18.0. The van der Waals surface area contributed by atoms with E-state index in [1.165, 1.54) is 0 Å². The molecule has 10 rings (SSSR count). The van der Waals surface area contributed by atoms with Crippen molar-refractivity contribution in [2.75, 3.05) is 19.6 Å². The fourth-order valence-corrected chi connectivity index (χ4v) is 10.2. The van der Waals surface area contributed by atoms with Gasteiger partial charge in [0.2, 0.25) is 5.91 Å². The lowest BCUT2D eigenvalue weighted by atomic mass is 9.79. The van der Waals surface area contributed by atoms with Gasteiger partial charge in [-0.05, 0) is 89.5 Å². The van der Waals surface area contributed by atoms with Crippen LogP contribution in [0.1, 0.15) is 95.3 Å². The Morgan fingerprint density at radius 3 is 2.51 bits per heavy atom. The number of amides is 2. The molecule has 57 heavy (non-hydrogen) atoms. The fourth-order valence-electron chi connectivity index (χ4n) is 9.83. The maximum Gasteiger partial charge on any atom is 0.410 e. The summed E-state index contributed by atoms with van der Waals surface area (Å²) in [5.41, 5.74) is 3.50. The molecule has 4 saturated heterocycles. The average Bonchev–Trinajstić information content (AvgIpc) is 3.54. The Morgan fingerprint density at radius 2 is 1.82 bits per heavy atom. The molecule has 0 spiro atoms. The van der Waals surface area contributed by atoms with Crippen molar-refractivity contribution in [3.8, 4) is 23.3 Å². The molecular weight excluding hydrogens is 764 g/mol. The van der Waals surface area contributed by atoms with E-state index in [-0.39, 0.29) is 70.9 Å². The molecule has 4 aromatic rings. The number of nitrogens with one attached hydrogen (secondary N) is 1. The number of benzene rings is 2. The Labute approximate surface area is 342 Å². The number of piperidine rings is 1. The molecule has 10 nitrogen and oxygen atoms in total. The van der Waals surface area contributed by atoms with Crippen LogP contribution in [0.4, 0.5) is 9.18 Å². The first kappa shape index (κ1) is 39.4. The molecule has 0 unspecified atom stereocenters. The van der Waals surface area contributed by atoms with Gasteiger partial charge in [0.05, 0.1) is 45.8 Å². The van der Waals surface area contributed by atoms with E-state index in [1.807, 2.05) is 51.7 Å². The number of hydrogen-bond acceptors (Lipinski definition) is 7. The number of carbonyl (C=O) groups is 2. The predicted molar refractivity (Wildman–Crippen MR) is 218 cm³/mol. The lowest BCUT2D eigenvalue weighted by Crippen LogP contribution is -2.46. The van der Waals surface area contributed by atoms with Gasteiger partial charge < -0.3 is 24.4 Å². The predicted octanol–water partition coefficient (Wildman–Crippen LogP) is 9.44. The van der Waals surface area contributed by atoms with Crippen LogP contribution < -0.4 is 5.32 Å². The van der Waals surface area contributed by atoms with E-state index in [0.717, 1.165) is 55.4 Å². The average molecular weight is 813 g/mol. The fraction of sp³-hybridized carbons (Fsp3) is 0.523. The van der Waals surface area contributed by atoms with Crippen LogP contribution in [-0.4, -0.2) is 68.7 Å². The highest BCUT2D eigenvalue weighted by Gasteiger charge is 2.58. The van der Waals surface area contributed by atoms with Gasteiger partial charge in [0, 0.05) is 83.6 Å². The van der Waals surface area contributed by atoms with Crippen LogP contribution in [-0.2, 0) is 16.0 Å². The highest BCUT2D eigenvalue weighted by molar-refractivity contribution is 6.43. The molecular formula is C44H48Cl2FN7O3. The van der Waals surface area contributed by atoms with Crippen LogP contribution in [0, 0.1) is 53.2 Å². The molecule has 2 aromatic carbocycles. The number of nitriles is 2. The summed E-state index contributed by atoms with van der Waals surface area (Å²) in [6, 6.07) is 13.2. The zero-order chi connectivity index (χ0) is 40.5. The third-order valence-electron chi connectivity index (χ3n) is 12.4. The second kappa shape index (κ2) is 15.1. The highest BCUT2D eigenvalue weighted by Crippen LogP contribution is 2.56. The number of aryl methyl sites for hydroxylation is 2. The van der Waals surface area contributed by atoms with E-state index in [9.17, 15) is 14.9 Å². The minimum absolute atomic E-state index is 0.0648. The van der Waals surface area contributed by atoms with Gasteiger partial charge in [-0.15, -0.1) is 0 Å². The van der Waals surface area contributed by atoms with Crippen LogP contribution >= 0.6 is 23.2 Å². The second-order valence-electron chi connectivity index (χ2n) is 17.2. The zero-order valence-corrected chi connectivity index (χ0v) is 34.6. The molecule has 2 aliphatic carbocycles. The van der Waals surface area contributed by atoms with E-state index in [1.54, 1.807) is 18.2 Å². The van der Waals surface area contributed by atoms with E-state index in [2.05, 4.69) is 26.9 Å². The van der Waals surface area contributed by atoms with Gasteiger partial charge >= 0.3 is 6.09 Å². The van der Waals surface area contributed by atoms with Crippen LogP contribution in [0.3, 0.4) is 0 Å². The quantitative estimate of drug-likeness (QED) is 0.206. The van der Waals surface area contributed by atoms with E-state index >= 15 is 4.39 Å². The van der Waals surface area contributed by atoms with E-state index in [4.69, 9.17) is 38.2 Å². The molecule has 0 radical (unpaired) electrons. The number of carbonyl (C=O) groups excluding carboxylic acids is 2. The highest BCUT2D eigenvalue weighted by atomic mass is 35.5. The van der Waals surface area contributed by atoms with Gasteiger partial charge in [0.25, 0.3) is 0 Å². The van der Waals surface area contributed by atoms with Crippen molar-refractivity contribution in [3.63, 3.8) is 0 Å². The molecule has 1 N–H and O–H groups in total. The molecule has 6 heterocycles. The summed E-state index contributed by atoms with van der Waals surface area (Å²) in [4.78, 5) is 36.7. The van der Waals surface area contributed by atoms with Crippen LogP contribution in [0.2, 0.25) is 10.0 Å². The topological polar surface area (TPSA) is 127 Å². The molecule has 2 amide bonds. The molecule has 2 saturated carbocycles. The maximum absolute atomic E-state index is 17.3. The number of halogens is 3. The summed E-state index contributed by atoms with van der Waals surface area (Å²) in [6.45, 7) is 11.5. The van der Waals surface area contributed by atoms with Crippen molar-refractivity contribution in [1.29, 1.82) is 10.5 Å². The summed E-state index contributed by atoms with van der Waals surface area (Å²) >= 11 is 13.2. The summed E-state index contributed by atoms with van der Waals surface area (Å²) in [5.74, 6) is 0.136. The molecule has 298 valence electrons. The van der Waals surface area contributed by atoms with Crippen molar-refractivity contribution >= 4 is 57.0 Å². The standard InChI is InChI=1S/C41H43Cl2FN6O3.C3H5N/c1-20-27-16-31(36-23-13-25(18-46-17-23)49(36)39(51)21-10-11-21)50(37-24-15-30(37)48(19-24)40(52)53-41(2,3)4)38(27)28-14-22(7-6-12-45)32(34(44)35(28)47-20)26-8-5-9-29(42)33(26)43;1-2-3-4/h5,8-9,14,16,21,23-25,30,36-37,46H,6-7,10-11,13,15,17-19H2,1-4H3;2H2,1H3/t23-,24+,25+,30+,36+,37-;/m0./s1. The summed E-state index contributed by atoms with van der Waals surface area (Å²) in [6.07, 6.45) is 4.38. The first-order valence-corrected chi connectivity index (χ1v) is 20.9. The number of hydrogen-bond donors (Lipinski definition) is 1. The van der Waals surface area contributed by atoms with Gasteiger partial charge in [0.15, 0.2) is 5.82 Å². The Hall–Kier alpha value is -4.42. The summed E-state index contributed by atoms with van der Waals surface area (Å²) in [7, 11) is 0. The third kappa shape index (κ3) is 6.80. The number of fused-ring (bicyclic) bond motifs is 6. The van der Waals surface area contributed by atoms with Crippen molar-refractivity contribution in [2.24, 2.45) is 17.8 Å². The van der Waals surface area contributed by atoms with Gasteiger partial charge in [-0.25, -0.2) is 14.2 Å². The molecule has 4 bridgehead atoms. The van der Waals surface area contributed by atoms with Crippen LogP contribution in [0.5, 0.6) is 0 Å². The number of rotatable bonds is 6. The van der Waals surface area contributed by atoms with Crippen molar-refractivity contribution < 1.29 is 18.7 Å².